The van der Waals surface area contributed by atoms with Crippen molar-refractivity contribution in [2.75, 3.05) is 20.3 Å². The third kappa shape index (κ3) is 6.71. The van der Waals surface area contributed by atoms with E-state index in [1.54, 1.807) is 7.11 Å². The molecule has 1 heterocycles. The van der Waals surface area contributed by atoms with Crippen LogP contribution in [0.25, 0.3) is 11.3 Å². The molecule has 2 aromatic carbocycles. The summed E-state index contributed by atoms with van der Waals surface area (Å²) in [6.07, 6.45) is 1.35. The van der Waals surface area contributed by atoms with Gasteiger partial charge in [0, 0.05) is 43.8 Å². The maximum atomic E-state index is 14.6. The van der Waals surface area contributed by atoms with E-state index in [4.69, 9.17) is 10.5 Å². The van der Waals surface area contributed by atoms with Crippen molar-refractivity contribution >= 4 is 5.91 Å². The number of imidazole rings is 1. The zero-order chi connectivity index (χ0) is 24.7. The van der Waals surface area contributed by atoms with E-state index in [-0.39, 0.29) is 17.5 Å². The van der Waals surface area contributed by atoms with Crippen LogP contribution in [-0.2, 0) is 22.4 Å². The molecular weight excluding hydrogens is 438 g/mol. The van der Waals surface area contributed by atoms with Crippen LogP contribution in [0.5, 0.6) is 0 Å². The summed E-state index contributed by atoms with van der Waals surface area (Å²) in [5.74, 6) is -0.714. The summed E-state index contributed by atoms with van der Waals surface area (Å²) in [6.45, 7) is 4.50. The van der Waals surface area contributed by atoms with Gasteiger partial charge in [0.1, 0.15) is 17.5 Å². The van der Waals surface area contributed by atoms with Gasteiger partial charge in [-0.3, -0.25) is 4.79 Å². The number of aromatic amines is 1. The molecular formula is C26H32F2N4O2. The van der Waals surface area contributed by atoms with Gasteiger partial charge in [-0.15, -0.1) is 0 Å². The largest absolute Gasteiger partial charge is 0.383 e. The van der Waals surface area contributed by atoms with Gasteiger partial charge in [0.2, 0.25) is 5.91 Å². The minimum atomic E-state index is -0.787. The molecule has 1 aromatic heterocycles. The first-order valence-electron chi connectivity index (χ1n) is 11.3. The number of nitrogens with one attached hydrogen (secondary N) is 2. The molecule has 3 aromatic rings. The van der Waals surface area contributed by atoms with Crippen LogP contribution in [0.1, 0.15) is 37.4 Å². The van der Waals surface area contributed by atoms with Crippen LogP contribution in [-0.4, -0.2) is 42.2 Å². The topological polar surface area (TPSA) is 93.0 Å². The summed E-state index contributed by atoms with van der Waals surface area (Å²) in [6, 6.07) is 12.8. The second-order valence-corrected chi connectivity index (χ2v) is 9.12. The molecule has 4 N–H and O–H groups in total. The second kappa shape index (κ2) is 11.4. The lowest BCUT2D eigenvalue weighted by Crippen LogP contribution is -2.41. The smallest absolute Gasteiger partial charge is 0.226 e. The first kappa shape index (κ1) is 25.5. The minimum absolute atomic E-state index is 0.0859. The Morgan fingerprint density at radius 3 is 2.65 bits per heavy atom. The van der Waals surface area contributed by atoms with Crippen LogP contribution in [0.4, 0.5) is 8.78 Å². The average Bonchev–Trinajstić information content (AvgIpc) is 3.17. The number of hydrogen-bond donors (Lipinski definition) is 3. The molecule has 182 valence electrons. The standard InChI is InChI=1S/C26H32F2N4O2/c1-26(2,25(33)30-12-11-19(29)16-34-3)15-23-31-22(13-17-7-5-4-6-8-17)24(32-23)20-14-18(27)9-10-21(20)28/h4-10,14,19H,11-13,15-16,29H2,1-3H3,(H,30,33)(H,31,32)/t19-/m1/s1. The fraction of sp³-hybridized carbons (Fsp3) is 0.385. The molecule has 3 rings (SSSR count). The Labute approximate surface area is 198 Å². The van der Waals surface area contributed by atoms with E-state index in [1.165, 1.54) is 0 Å². The molecule has 0 aliphatic heterocycles. The Hall–Kier alpha value is -3.10. The van der Waals surface area contributed by atoms with Crippen molar-refractivity contribution in [3.05, 3.63) is 77.2 Å². The number of hydrogen-bond acceptors (Lipinski definition) is 4. The molecule has 0 fully saturated rings. The Balaban J connectivity index is 1.82. The molecule has 0 aliphatic carbocycles. The van der Waals surface area contributed by atoms with Crippen molar-refractivity contribution in [2.45, 2.75) is 39.2 Å². The number of halogens is 2. The van der Waals surface area contributed by atoms with E-state index in [0.29, 0.717) is 49.6 Å². The lowest BCUT2D eigenvalue weighted by molar-refractivity contribution is -0.129. The monoisotopic (exact) mass is 470 g/mol. The van der Waals surface area contributed by atoms with Gasteiger partial charge in [0.25, 0.3) is 0 Å². The number of methoxy groups -OCH3 is 1. The van der Waals surface area contributed by atoms with E-state index in [9.17, 15) is 13.6 Å². The van der Waals surface area contributed by atoms with Gasteiger partial charge in [-0.05, 0) is 30.2 Å². The van der Waals surface area contributed by atoms with Crippen molar-refractivity contribution in [3.63, 3.8) is 0 Å². The van der Waals surface area contributed by atoms with Gasteiger partial charge in [0.15, 0.2) is 0 Å². The predicted molar refractivity (Wildman–Crippen MR) is 128 cm³/mol. The second-order valence-electron chi connectivity index (χ2n) is 9.12. The molecule has 0 unspecified atom stereocenters. The van der Waals surface area contributed by atoms with Crippen molar-refractivity contribution in [1.82, 2.24) is 15.3 Å². The molecule has 6 nitrogen and oxygen atoms in total. The normalized spacial score (nSPS) is 12.5. The van der Waals surface area contributed by atoms with Crippen LogP contribution in [0, 0.1) is 17.0 Å². The summed E-state index contributed by atoms with van der Waals surface area (Å²) in [4.78, 5) is 20.7. The zero-order valence-electron chi connectivity index (χ0n) is 19.8. The highest BCUT2D eigenvalue weighted by atomic mass is 19.1. The summed E-state index contributed by atoms with van der Waals surface area (Å²) < 4.78 is 33.5. The van der Waals surface area contributed by atoms with Crippen LogP contribution >= 0.6 is 0 Å². The van der Waals surface area contributed by atoms with Crippen LogP contribution in [0.2, 0.25) is 0 Å². The fourth-order valence-electron chi connectivity index (χ4n) is 3.78. The van der Waals surface area contributed by atoms with Crippen LogP contribution in [0.15, 0.2) is 48.5 Å². The Kier molecular flexibility index (Phi) is 8.52. The maximum absolute atomic E-state index is 14.6. The number of amides is 1. The van der Waals surface area contributed by atoms with Crippen molar-refractivity contribution in [1.29, 1.82) is 0 Å². The Morgan fingerprint density at radius 1 is 1.21 bits per heavy atom. The van der Waals surface area contributed by atoms with Gasteiger partial charge >= 0.3 is 0 Å². The third-order valence-corrected chi connectivity index (χ3v) is 5.64. The molecule has 8 heteroatoms. The van der Waals surface area contributed by atoms with E-state index in [2.05, 4.69) is 15.3 Å². The van der Waals surface area contributed by atoms with Crippen LogP contribution in [0.3, 0.4) is 0 Å². The Morgan fingerprint density at radius 2 is 1.94 bits per heavy atom. The average molecular weight is 471 g/mol. The van der Waals surface area contributed by atoms with E-state index < -0.39 is 17.0 Å². The summed E-state index contributed by atoms with van der Waals surface area (Å²) in [7, 11) is 1.58. The van der Waals surface area contributed by atoms with E-state index in [1.807, 2.05) is 44.2 Å². The molecule has 0 saturated heterocycles. The highest BCUT2D eigenvalue weighted by molar-refractivity contribution is 5.82. The van der Waals surface area contributed by atoms with Crippen molar-refractivity contribution in [2.24, 2.45) is 11.1 Å². The van der Waals surface area contributed by atoms with Gasteiger partial charge in [-0.2, -0.15) is 0 Å². The molecule has 0 bridgehead atoms. The van der Waals surface area contributed by atoms with Crippen molar-refractivity contribution < 1.29 is 18.3 Å². The zero-order valence-corrected chi connectivity index (χ0v) is 19.8. The van der Waals surface area contributed by atoms with Gasteiger partial charge in [-0.1, -0.05) is 44.2 Å². The SMILES string of the molecule is COC[C@H](N)CCNC(=O)C(C)(C)Cc1nc(-c2cc(F)ccc2F)c(Cc2ccccc2)[nH]1. The number of H-pyrrole nitrogens is 1. The predicted octanol–water partition coefficient (Wildman–Crippen LogP) is 3.99. The molecule has 1 amide bonds. The number of ether oxygens (including phenoxy) is 1. The molecule has 0 aliphatic rings. The first-order valence-corrected chi connectivity index (χ1v) is 11.3. The van der Waals surface area contributed by atoms with Crippen molar-refractivity contribution in [3.8, 4) is 11.3 Å². The van der Waals surface area contributed by atoms with E-state index in [0.717, 1.165) is 23.8 Å². The maximum Gasteiger partial charge on any atom is 0.226 e. The quantitative estimate of drug-likeness (QED) is 0.395. The number of rotatable bonds is 11. The number of carbonyl (C=O) groups is 1. The number of benzene rings is 2. The summed E-state index contributed by atoms with van der Waals surface area (Å²) in [5.41, 5.74) is 7.22. The number of nitrogens with two attached hydrogens (primary N) is 1. The lowest BCUT2D eigenvalue weighted by atomic mass is 9.88. The minimum Gasteiger partial charge on any atom is -0.383 e. The molecule has 34 heavy (non-hydrogen) atoms. The molecule has 0 saturated carbocycles. The summed E-state index contributed by atoms with van der Waals surface area (Å²) >= 11 is 0. The number of carbonyl (C=O) groups excluding carboxylic acids is 1. The molecule has 0 spiro atoms. The summed E-state index contributed by atoms with van der Waals surface area (Å²) in [5, 5.41) is 2.92. The first-order chi connectivity index (χ1) is 16.2. The van der Waals surface area contributed by atoms with E-state index >= 15 is 0 Å². The van der Waals surface area contributed by atoms with Gasteiger partial charge in [0.05, 0.1) is 17.7 Å². The number of aromatic nitrogens is 2. The van der Waals surface area contributed by atoms with Gasteiger partial charge < -0.3 is 20.8 Å². The molecule has 0 radical (unpaired) electrons. The van der Waals surface area contributed by atoms with Gasteiger partial charge in [-0.25, -0.2) is 13.8 Å². The lowest BCUT2D eigenvalue weighted by Gasteiger charge is -2.23. The van der Waals surface area contributed by atoms with Crippen LogP contribution < -0.4 is 11.1 Å². The highest BCUT2D eigenvalue weighted by Gasteiger charge is 2.30. The molecule has 1 atom stereocenters. The number of nitrogens with zero attached hydrogens (tertiary/aromatic N) is 1. The third-order valence-electron chi connectivity index (χ3n) is 5.64. The Bertz CT molecular complexity index is 1100. The fourth-order valence-corrected chi connectivity index (χ4v) is 3.78. The highest BCUT2D eigenvalue weighted by Crippen LogP contribution is 2.29.